The molecule has 0 aliphatic carbocycles. The van der Waals surface area contributed by atoms with E-state index < -0.39 is 154 Å². The fraction of sp³-hybridized carbons (Fsp3) is 0.421. The number of aliphatic carboxylic acids is 2. The molecule has 8 amide bonds. The monoisotopic (exact) mass is 1000 g/mol. The number of nitrogens with one attached hydrogen (secondary N) is 6. The molecule has 0 spiro atoms. The Balaban J connectivity index is 1.91. The van der Waals surface area contributed by atoms with Crippen molar-refractivity contribution in [3.05, 3.63) is 59.7 Å². The third-order valence-corrected chi connectivity index (χ3v) is 10.3. The van der Waals surface area contributed by atoms with E-state index in [-0.39, 0.29) is 23.4 Å². The van der Waals surface area contributed by atoms with Gasteiger partial charge in [-0.05, 0) is 55.2 Å². The second-order valence-electron chi connectivity index (χ2n) is 14.9. The van der Waals surface area contributed by atoms with Gasteiger partial charge in [0, 0.05) is 26.3 Å². The summed E-state index contributed by atoms with van der Waals surface area (Å²) in [5.41, 5.74) is 5.67. The normalized spacial score (nSPS) is 15.7. The summed E-state index contributed by atoms with van der Waals surface area (Å²) in [6.45, 7) is 1.67. The van der Waals surface area contributed by atoms with Crippen LogP contribution in [0.3, 0.4) is 0 Å². The zero-order valence-corrected chi connectivity index (χ0v) is 37.5. The van der Waals surface area contributed by atoms with Crippen molar-refractivity contribution < 1.29 is 92.5 Å². The van der Waals surface area contributed by atoms with E-state index in [4.69, 9.17) is 14.8 Å². The summed E-state index contributed by atoms with van der Waals surface area (Å²) in [6.07, 6.45) is -2.37. The fourth-order valence-corrected chi connectivity index (χ4v) is 7.25. The maximum Gasteiger partial charge on any atom is 0.446 e. The summed E-state index contributed by atoms with van der Waals surface area (Å²) in [7, 11) is -9.90. The number of carboxylic acids is 2. The van der Waals surface area contributed by atoms with Crippen molar-refractivity contribution in [3.63, 3.8) is 0 Å². The molecule has 6 atom stereocenters. The van der Waals surface area contributed by atoms with E-state index in [0.717, 1.165) is 31.2 Å². The van der Waals surface area contributed by atoms with Gasteiger partial charge in [0.2, 0.25) is 47.3 Å². The standard InChI is InChI=1S/C38H48N8O20S2/c1-19(38(58)46-13-3-4-29(46)33(39)53)41-30(48)18-40-34(54)25(14-21-5-9-23(10-6-21)65-67(59,60)61)43-37(57)28(17-32(51)52)45-35(55)26(44-36(56)27(16-31(49)50)42-20(2)47)15-22-7-11-24(12-8-22)66-68(62,63)64/h5-12,19,25-29H,3-4,13-18H2,1-2H3,(H2,39,53)(H,40,54)(H,41,48)(H,42,47)(H,43,57)(H,44,56)(H,45,55)(H,49,50)(H,51,52)(H,59,60,61)(H,62,63,64)/t19-,25-,26-,27-,28-,29-/m0/s1. The fourth-order valence-electron chi connectivity index (χ4n) is 6.55. The van der Waals surface area contributed by atoms with E-state index in [2.05, 4.69) is 40.3 Å². The van der Waals surface area contributed by atoms with Gasteiger partial charge in [-0.15, -0.1) is 0 Å². The molecule has 68 heavy (non-hydrogen) atoms. The molecule has 2 aromatic rings. The summed E-state index contributed by atoms with van der Waals surface area (Å²) in [4.78, 5) is 129. The first-order valence-corrected chi connectivity index (χ1v) is 22.6. The SMILES string of the molecule is CC(=O)N[C@@H](CC(=O)O)C(=O)N[C@@H](Cc1ccc(OS(=O)(=O)O)cc1)C(=O)N[C@@H](CC(=O)O)C(=O)N[C@@H](Cc1ccc(OS(=O)(=O)O)cc1)C(=O)NCC(=O)N[C@@H](C)C(=O)N1CCC[C@H]1C(N)=O. The van der Waals surface area contributed by atoms with E-state index in [1.807, 2.05) is 0 Å². The molecule has 1 saturated heterocycles. The number of likely N-dealkylation sites (tertiary alicyclic amines) is 1. The molecule has 0 bridgehead atoms. The Morgan fingerprint density at radius 1 is 0.662 bits per heavy atom. The summed E-state index contributed by atoms with van der Waals surface area (Å²) < 4.78 is 71.4. The van der Waals surface area contributed by atoms with Gasteiger partial charge in [-0.1, -0.05) is 24.3 Å². The van der Waals surface area contributed by atoms with Crippen LogP contribution in [0.1, 0.15) is 50.7 Å². The molecule has 30 heteroatoms. The lowest BCUT2D eigenvalue weighted by atomic mass is 10.0. The van der Waals surface area contributed by atoms with Gasteiger partial charge in [0.15, 0.2) is 0 Å². The van der Waals surface area contributed by atoms with Crippen LogP contribution >= 0.6 is 0 Å². The maximum atomic E-state index is 13.9. The molecule has 12 N–H and O–H groups in total. The lowest BCUT2D eigenvalue weighted by Crippen LogP contribution is -2.59. The summed E-state index contributed by atoms with van der Waals surface area (Å²) in [5, 5.41) is 32.4. The Morgan fingerprint density at radius 2 is 1.07 bits per heavy atom. The van der Waals surface area contributed by atoms with Crippen molar-refractivity contribution in [2.75, 3.05) is 13.1 Å². The highest BCUT2D eigenvalue weighted by atomic mass is 32.3. The number of carbonyl (C=O) groups is 10. The topological polar surface area (TPSA) is 440 Å². The van der Waals surface area contributed by atoms with Crippen molar-refractivity contribution in [2.24, 2.45) is 5.73 Å². The Morgan fingerprint density at radius 3 is 1.49 bits per heavy atom. The highest BCUT2D eigenvalue weighted by molar-refractivity contribution is 7.81. The van der Waals surface area contributed by atoms with Crippen LogP contribution in [0.25, 0.3) is 0 Å². The molecular weight excluding hydrogens is 953 g/mol. The highest BCUT2D eigenvalue weighted by Gasteiger charge is 2.36. The Hall–Kier alpha value is -7.44. The molecule has 0 unspecified atom stereocenters. The number of nitrogens with zero attached hydrogens (tertiary/aromatic N) is 1. The second-order valence-corrected chi connectivity index (χ2v) is 17.0. The minimum atomic E-state index is -4.95. The van der Waals surface area contributed by atoms with Gasteiger partial charge in [0.25, 0.3) is 0 Å². The highest BCUT2D eigenvalue weighted by Crippen LogP contribution is 2.19. The number of nitrogens with two attached hydrogens (primary N) is 1. The molecule has 372 valence electrons. The van der Waals surface area contributed by atoms with E-state index in [9.17, 15) is 75.0 Å². The van der Waals surface area contributed by atoms with Crippen molar-refractivity contribution >= 4 is 80.0 Å². The number of amides is 8. The third-order valence-electron chi connectivity index (χ3n) is 9.52. The number of carbonyl (C=O) groups excluding carboxylic acids is 8. The third kappa shape index (κ3) is 18.8. The molecule has 3 rings (SSSR count). The molecule has 1 aliphatic heterocycles. The molecule has 0 saturated carbocycles. The van der Waals surface area contributed by atoms with Gasteiger partial charge in [-0.25, -0.2) is 0 Å². The summed E-state index contributed by atoms with van der Waals surface area (Å²) in [5.74, 6) is -12.1. The minimum absolute atomic E-state index is 0.125. The molecule has 0 aromatic heterocycles. The van der Waals surface area contributed by atoms with Crippen molar-refractivity contribution in [2.45, 2.75) is 88.6 Å². The van der Waals surface area contributed by atoms with Gasteiger partial charge >= 0.3 is 32.7 Å². The van der Waals surface area contributed by atoms with E-state index >= 15 is 0 Å². The van der Waals surface area contributed by atoms with Crippen molar-refractivity contribution in [3.8, 4) is 11.5 Å². The molecule has 2 aromatic carbocycles. The van der Waals surface area contributed by atoms with Gasteiger partial charge in [-0.3, -0.25) is 57.1 Å². The number of primary amides is 1. The zero-order chi connectivity index (χ0) is 51.1. The second kappa shape index (κ2) is 24.4. The van der Waals surface area contributed by atoms with Gasteiger partial charge in [0.1, 0.15) is 47.8 Å². The zero-order valence-electron chi connectivity index (χ0n) is 35.9. The first-order chi connectivity index (χ1) is 31.6. The van der Waals surface area contributed by atoms with Crippen LogP contribution < -0.4 is 46.0 Å². The quantitative estimate of drug-likeness (QED) is 0.0421. The van der Waals surface area contributed by atoms with Crippen LogP contribution in [0.4, 0.5) is 0 Å². The number of hydrogen-bond acceptors (Lipinski definition) is 16. The van der Waals surface area contributed by atoms with Crippen LogP contribution in [0.5, 0.6) is 11.5 Å². The number of rotatable bonds is 25. The first kappa shape index (κ1) is 54.9. The summed E-state index contributed by atoms with van der Waals surface area (Å²) >= 11 is 0. The van der Waals surface area contributed by atoms with Crippen LogP contribution in [0.2, 0.25) is 0 Å². The molecule has 28 nitrogen and oxygen atoms in total. The van der Waals surface area contributed by atoms with Crippen molar-refractivity contribution in [1.82, 2.24) is 36.8 Å². The number of carboxylic acid groups (broad SMARTS) is 2. The molecule has 1 fully saturated rings. The molecule has 0 radical (unpaired) electrons. The number of benzene rings is 2. The van der Waals surface area contributed by atoms with Crippen LogP contribution in [-0.2, 0) is 81.6 Å². The van der Waals surface area contributed by atoms with E-state index in [1.165, 1.54) is 36.1 Å². The molecular formula is C38H48N8O20S2. The van der Waals surface area contributed by atoms with E-state index in [1.54, 1.807) is 0 Å². The van der Waals surface area contributed by atoms with Gasteiger partial charge in [0.05, 0.1) is 19.4 Å². The largest absolute Gasteiger partial charge is 0.481 e. The van der Waals surface area contributed by atoms with Crippen LogP contribution in [0, 0.1) is 0 Å². The molecule has 1 heterocycles. The number of hydrogen-bond donors (Lipinski definition) is 11. The maximum absolute atomic E-state index is 13.9. The lowest BCUT2D eigenvalue weighted by Gasteiger charge is -2.26. The van der Waals surface area contributed by atoms with Gasteiger partial charge in [-0.2, -0.15) is 16.8 Å². The Labute approximate surface area is 386 Å². The predicted molar refractivity (Wildman–Crippen MR) is 227 cm³/mol. The smallest absolute Gasteiger partial charge is 0.446 e. The Kier molecular flexibility index (Phi) is 19.7. The average Bonchev–Trinajstić information content (AvgIpc) is 3.72. The first-order valence-electron chi connectivity index (χ1n) is 19.9. The Bertz CT molecular complexity index is 2460. The minimum Gasteiger partial charge on any atom is -0.481 e. The predicted octanol–water partition coefficient (Wildman–Crippen LogP) is -4.16. The average molecular weight is 1000 g/mol. The van der Waals surface area contributed by atoms with Crippen LogP contribution in [-0.4, -0.2) is 150 Å². The lowest BCUT2D eigenvalue weighted by molar-refractivity contribution is -0.141. The van der Waals surface area contributed by atoms with Crippen LogP contribution in [0.15, 0.2) is 48.5 Å². The van der Waals surface area contributed by atoms with Crippen molar-refractivity contribution in [1.29, 1.82) is 0 Å². The summed E-state index contributed by atoms with van der Waals surface area (Å²) in [6, 6.07) is -0.532. The molecule has 1 aliphatic rings. The van der Waals surface area contributed by atoms with E-state index in [0.29, 0.717) is 12.8 Å². The van der Waals surface area contributed by atoms with Gasteiger partial charge < -0.3 is 61.1 Å².